The van der Waals surface area contributed by atoms with Gasteiger partial charge >= 0.3 is 0 Å². The Morgan fingerprint density at radius 1 is 1.25 bits per heavy atom. The summed E-state index contributed by atoms with van der Waals surface area (Å²) in [6, 6.07) is 6.45. The number of ether oxygens (including phenoxy) is 1. The molecule has 1 heterocycles. The van der Waals surface area contributed by atoms with Crippen molar-refractivity contribution in [2.75, 3.05) is 0 Å². The Morgan fingerprint density at radius 3 is 2.50 bits per heavy atom. The number of aromatic hydroxyl groups is 1. The molecule has 1 aliphatic rings. The first-order valence-corrected chi connectivity index (χ1v) is 5.98. The fraction of sp³-hybridized carbons (Fsp3) is 0.100. The first-order chi connectivity index (χ1) is 7.55. The Hall–Kier alpha value is -1.82. The predicted octanol–water partition coefficient (Wildman–Crippen LogP) is 1.16. The smallest absolute Gasteiger partial charge is 0.279 e. The third kappa shape index (κ3) is 2.60. The van der Waals surface area contributed by atoms with E-state index in [4.69, 9.17) is 9.84 Å². The molecule has 0 radical (unpaired) electrons. The van der Waals surface area contributed by atoms with Crippen LogP contribution in [0.3, 0.4) is 0 Å². The quantitative estimate of drug-likeness (QED) is 0.858. The third-order valence-corrected chi connectivity index (χ3v) is 2.86. The number of phenols is 1. The van der Waals surface area contributed by atoms with Crippen LogP contribution in [0.1, 0.15) is 5.56 Å². The first kappa shape index (κ1) is 10.7. The van der Waals surface area contributed by atoms with Gasteiger partial charge in [-0.3, -0.25) is 0 Å². The number of nitrogens with zero attached hydrogens (tertiary/aromatic N) is 1. The molecule has 2 rings (SSSR count). The maximum atomic E-state index is 10.9. The van der Waals surface area contributed by atoms with Crippen LogP contribution in [0.4, 0.5) is 0 Å². The van der Waals surface area contributed by atoms with Gasteiger partial charge < -0.3 is 9.84 Å². The maximum absolute atomic E-state index is 10.9. The fourth-order valence-corrected chi connectivity index (χ4v) is 1.90. The summed E-state index contributed by atoms with van der Waals surface area (Å²) >= 11 is 0. The predicted molar refractivity (Wildman–Crippen MR) is 58.4 cm³/mol. The van der Waals surface area contributed by atoms with E-state index in [9.17, 15) is 8.42 Å². The lowest BCUT2D eigenvalue weighted by Crippen LogP contribution is -1.93. The van der Waals surface area contributed by atoms with E-state index in [0.29, 0.717) is 0 Å². The van der Waals surface area contributed by atoms with Crippen molar-refractivity contribution in [2.45, 2.75) is 6.61 Å². The van der Waals surface area contributed by atoms with Crippen LogP contribution in [0.25, 0.3) is 0 Å². The number of benzene rings is 1. The number of hydrogen-bond acceptors (Lipinski definition) is 4. The molecular formula is C10H9NO4S. The molecule has 0 saturated heterocycles. The van der Waals surface area contributed by atoms with Crippen LogP contribution in [-0.2, 0) is 21.4 Å². The number of hydrogen-bond donors (Lipinski definition) is 1. The molecule has 0 amide bonds. The van der Waals surface area contributed by atoms with Gasteiger partial charge in [-0.1, -0.05) is 12.1 Å². The van der Waals surface area contributed by atoms with Crippen molar-refractivity contribution in [3.05, 3.63) is 41.0 Å². The molecule has 0 fully saturated rings. The van der Waals surface area contributed by atoms with Gasteiger partial charge in [0.15, 0.2) is 5.76 Å². The van der Waals surface area contributed by atoms with Crippen molar-refractivity contribution >= 4 is 16.2 Å². The van der Waals surface area contributed by atoms with Gasteiger partial charge in [-0.2, -0.15) is 12.8 Å². The first-order valence-electron chi connectivity index (χ1n) is 4.48. The van der Waals surface area contributed by atoms with Crippen molar-refractivity contribution < 1.29 is 18.3 Å². The number of sulfonamides is 1. The van der Waals surface area contributed by atoms with Gasteiger partial charge in [0.1, 0.15) is 12.4 Å². The number of allylic oxidation sites excluding steroid dienone is 1. The molecule has 0 aliphatic carbocycles. The van der Waals surface area contributed by atoms with Crippen LogP contribution in [0.5, 0.6) is 5.75 Å². The highest BCUT2D eigenvalue weighted by atomic mass is 32.2. The van der Waals surface area contributed by atoms with Crippen molar-refractivity contribution in [2.24, 2.45) is 4.40 Å². The summed E-state index contributed by atoms with van der Waals surface area (Å²) in [5.74, 6) is 0.390. The average molecular weight is 239 g/mol. The molecule has 6 heteroatoms. The normalized spacial score (nSPS) is 17.1. The topological polar surface area (TPSA) is 76.0 Å². The molecule has 1 aliphatic heterocycles. The Bertz CT molecular complexity index is 543. The minimum Gasteiger partial charge on any atom is -0.508 e. The van der Waals surface area contributed by atoms with Crippen LogP contribution in [0.2, 0.25) is 0 Å². The van der Waals surface area contributed by atoms with Gasteiger partial charge in [-0.05, 0) is 17.7 Å². The van der Waals surface area contributed by atoms with Crippen molar-refractivity contribution in [3.63, 3.8) is 0 Å². The zero-order valence-corrected chi connectivity index (χ0v) is 9.02. The lowest BCUT2D eigenvalue weighted by Gasteiger charge is -2.03. The summed E-state index contributed by atoms with van der Waals surface area (Å²) < 4.78 is 30.3. The van der Waals surface area contributed by atoms with Crippen LogP contribution in [0, 0.1) is 0 Å². The molecule has 0 aromatic heterocycles. The third-order valence-electron chi connectivity index (χ3n) is 1.93. The summed E-state index contributed by atoms with van der Waals surface area (Å²) in [4.78, 5) is 0. The van der Waals surface area contributed by atoms with E-state index in [0.717, 1.165) is 17.2 Å². The molecule has 16 heavy (non-hydrogen) atoms. The summed E-state index contributed by atoms with van der Waals surface area (Å²) in [6.45, 7) is 0.230. The number of rotatable bonds is 3. The minimum atomic E-state index is -3.46. The fourth-order valence-electron chi connectivity index (χ4n) is 1.16. The van der Waals surface area contributed by atoms with Crippen molar-refractivity contribution in [1.82, 2.24) is 0 Å². The minimum absolute atomic E-state index is 0.174. The van der Waals surface area contributed by atoms with E-state index in [1.165, 1.54) is 12.1 Å². The van der Waals surface area contributed by atoms with Crippen LogP contribution < -0.4 is 0 Å². The molecule has 0 spiro atoms. The zero-order chi connectivity index (χ0) is 11.6. The maximum Gasteiger partial charge on any atom is 0.279 e. The van der Waals surface area contributed by atoms with E-state index in [2.05, 4.69) is 4.40 Å². The molecule has 0 atom stereocenters. The molecule has 84 valence electrons. The van der Waals surface area contributed by atoms with Gasteiger partial charge in [0.05, 0.1) is 11.6 Å². The van der Waals surface area contributed by atoms with E-state index >= 15 is 0 Å². The Labute approximate surface area is 92.8 Å². The largest absolute Gasteiger partial charge is 0.508 e. The standard InChI is InChI=1S/C10H9NO4S/c12-9-3-1-8(2-4-9)6-15-10-5-11-16(13,14)7-10/h1-5,7,12H,6H2. The molecular weight excluding hydrogens is 230 g/mol. The second-order valence-electron chi connectivity index (χ2n) is 3.22. The molecule has 5 nitrogen and oxygen atoms in total. The second-order valence-corrected chi connectivity index (χ2v) is 4.70. The Kier molecular flexibility index (Phi) is 2.66. The van der Waals surface area contributed by atoms with Gasteiger partial charge in [0, 0.05) is 0 Å². The zero-order valence-electron chi connectivity index (χ0n) is 8.20. The van der Waals surface area contributed by atoms with E-state index in [1.807, 2.05) is 0 Å². The molecule has 0 unspecified atom stereocenters. The lowest BCUT2D eigenvalue weighted by molar-refractivity contribution is 0.220. The summed E-state index contributed by atoms with van der Waals surface area (Å²) in [5, 5.41) is 10.0. The van der Waals surface area contributed by atoms with Crippen LogP contribution in [-0.4, -0.2) is 19.7 Å². The highest BCUT2D eigenvalue weighted by Crippen LogP contribution is 2.14. The molecule has 0 saturated carbocycles. The van der Waals surface area contributed by atoms with Crippen molar-refractivity contribution in [1.29, 1.82) is 0 Å². The molecule has 0 bridgehead atoms. The second kappa shape index (κ2) is 3.97. The van der Waals surface area contributed by atoms with Crippen molar-refractivity contribution in [3.8, 4) is 5.75 Å². The molecule has 1 N–H and O–H groups in total. The van der Waals surface area contributed by atoms with Gasteiger partial charge in [0.2, 0.25) is 0 Å². The molecule has 1 aromatic carbocycles. The highest BCUT2D eigenvalue weighted by Gasteiger charge is 2.13. The van der Waals surface area contributed by atoms with E-state index in [-0.39, 0.29) is 18.1 Å². The summed E-state index contributed by atoms with van der Waals surface area (Å²) in [6.07, 6.45) is 1.16. The van der Waals surface area contributed by atoms with Gasteiger partial charge in [-0.25, -0.2) is 0 Å². The van der Waals surface area contributed by atoms with Gasteiger partial charge in [0.25, 0.3) is 10.0 Å². The van der Waals surface area contributed by atoms with E-state index < -0.39 is 10.0 Å². The van der Waals surface area contributed by atoms with E-state index in [1.54, 1.807) is 12.1 Å². The van der Waals surface area contributed by atoms with Crippen LogP contribution in [0.15, 0.2) is 39.8 Å². The molecule has 1 aromatic rings. The highest BCUT2D eigenvalue weighted by molar-refractivity contribution is 7.93. The lowest BCUT2D eigenvalue weighted by atomic mass is 10.2. The average Bonchev–Trinajstić information content (AvgIpc) is 2.58. The number of phenolic OH excluding ortho intramolecular Hbond substituents is 1. The summed E-state index contributed by atoms with van der Waals surface area (Å²) in [5.41, 5.74) is 0.830. The Morgan fingerprint density at radius 2 is 1.94 bits per heavy atom. The SMILES string of the molecule is O=S1(=O)C=C(OCc2ccc(O)cc2)C=N1. The monoisotopic (exact) mass is 239 g/mol. The Balaban J connectivity index is 1.99. The van der Waals surface area contributed by atoms with Gasteiger partial charge in [-0.15, -0.1) is 0 Å². The summed E-state index contributed by atoms with van der Waals surface area (Å²) in [7, 11) is -3.46. The van der Waals surface area contributed by atoms with Crippen LogP contribution >= 0.6 is 0 Å².